The van der Waals surface area contributed by atoms with Crippen molar-refractivity contribution >= 4 is 22.6 Å². The zero-order valence-electron chi connectivity index (χ0n) is 17.4. The van der Waals surface area contributed by atoms with Crippen LogP contribution in [0.2, 0.25) is 0 Å². The maximum Gasteiger partial charge on any atom is 0.257 e. The first-order valence-electron chi connectivity index (χ1n) is 9.63. The van der Waals surface area contributed by atoms with Crippen molar-refractivity contribution in [3.8, 4) is 11.3 Å². The molecule has 0 unspecified atom stereocenters. The number of pyridine rings is 1. The molecule has 0 saturated heterocycles. The van der Waals surface area contributed by atoms with Crippen molar-refractivity contribution < 1.29 is 4.79 Å². The van der Waals surface area contributed by atoms with Crippen molar-refractivity contribution in [2.75, 3.05) is 5.32 Å². The molecule has 0 aliphatic rings. The molecule has 0 spiro atoms. The molecule has 0 saturated carbocycles. The fourth-order valence-electron chi connectivity index (χ4n) is 3.38. The Balaban J connectivity index is 1.84. The molecule has 0 radical (unpaired) electrons. The Hall–Kier alpha value is -3.47. The van der Waals surface area contributed by atoms with Gasteiger partial charge in [0.25, 0.3) is 5.91 Å². The molecule has 146 valence electrons. The zero-order chi connectivity index (χ0) is 20.7. The number of anilines is 1. The number of rotatable bonds is 3. The second-order valence-electron chi connectivity index (χ2n) is 7.62. The SMILES string of the molecule is Cc1ccc2nc(-c3ccc(C)c(C)c3)cc(C(=O)Nc3cc(C)n(C)n3)c2c1. The monoisotopic (exact) mass is 384 g/mol. The number of benzene rings is 2. The molecule has 5 nitrogen and oxygen atoms in total. The number of amides is 1. The number of fused-ring (bicyclic) bond motifs is 1. The van der Waals surface area contributed by atoms with E-state index in [-0.39, 0.29) is 5.91 Å². The lowest BCUT2D eigenvalue weighted by Gasteiger charge is -2.11. The van der Waals surface area contributed by atoms with Crippen LogP contribution in [-0.4, -0.2) is 20.7 Å². The molecular formula is C24H24N4O. The highest BCUT2D eigenvalue weighted by Crippen LogP contribution is 2.27. The minimum atomic E-state index is -0.189. The van der Waals surface area contributed by atoms with E-state index >= 15 is 0 Å². The van der Waals surface area contributed by atoms with Crippen LogP contribution in [0, 0.1) is 27.7 Å². The van der Waals surface area contributed by atoms with Gasteiger partial charge in [0.15, 0.2) is 5.82 Å². The Morgan fingerprint density at radius 1 is 0.931 bits per heavy atom. The van der Waals surface area contributed by atoms with Crippen molar-refractivity contribution in [3.63, 3.8) is 0 Å². The summed E-state index contributed by atoms with van der Waals surface area (Å²) < 4.78 is 1.74. The topological polar surface area (TPSA) is 59.8 Å². The Morgan fingerprint density at radius 3 is 2.41 bits per heavy atom. The van der Waals surface area contributed by atoms with Crippen LogP contribution in [0.5, 0.6) is 0 Å². The molecule has 0 atom stereocenters. The number of carbonyl (C=O) groups is 1. The van der Waals surface area contributed by atoms with Crippen LogP contribution in [-0.2, 0) is 7.05 Å². The molecule has 2 aromatic heterocycles. The fourth-order valence-corrected chi connectivity index (χ4v) is 3.38. The van der Waals surface area contributed by atoms with Crippen LogP contribution in [0.4, 0.5) is 5.82 Å². The molecule has 0 aliphatic heterocycles. The molecule has 0 fully saturated rings. The highest BCUT2D eigenvalue weighted by atomic mass is 16.1. The standard InChI is InChI=1S/C24H24N4O/c1-14-6-9-21-19(10-14)20(24(29)26-23-12-17(4)28(5)27-23)13-22(25-21)18-8-7-15(2)16(3)11-18/h6-13H,1-5H3,(H,26,27,29). The summed E-state index contributed by atoms with van der Waals surface area (Å²) in [6.07, 6.45) is 0. The van der Waals surface area contributed by atoms with E-state index in [1.807, 2.05) is 51.2 Å². The molecule has 2 aromatic carbocycles. The minimum Gasteiger partial charge on any atom is -0.305 e. The van der Waals surface area contributed by atoms with Crippen LogP contribution >= 0.6 is 0 Å². The largest absolute Gasteiger partial charge is 0.305 e. The van der Waals surface area contributed by atoms with Gasteiger partial charge in [-0.25, -0.2) is 4.98 Å². The van der Waals surface area contributed by atoms with Crippen LogP contribution in [0.3, 0.4) is 0 Å². The van der Waals surface area contributed by atoms with Gasteiger partial charge < -0.3 is 5.32 Å². The van der Waals surface area contributed by atoms with Crippen molar-refractivity contribution in [2.45, 2.75) is 27.7 Å². The first kappa shape index (κ1) is 18.9. The summed E-state index contributed by atoms with van der Waals surface area (Å²) in [5.41, 5.74) is 7.67. The van der Waals surface area contributed by atoms with Gasteiger partial charge >= 0.3 is 0 Å². The third-order valence-electron chi connectivity index (χ3n) is 5.37. The first-order valence-corrected chi connectivity index (χ1v) is 9.63. The maximum atomic E-state index is 13.2. The van der Waals surface area contributed by atoms with Gasteiger partial charge in [-0.1, -0.05) is 23.8 Å². The van der Waals surface area contributed by atoms with Crippen LogP contribution < -0.4 is 5.32 Å². The van der Waals surface area contributed by atoms with Crippen LogP contribution in [0.15, 0.2) is 48.5 Å². The molecule has 29 heavy (non-hydrogen) atoms. The van der Waals surface area contributed by atoms with Crippen LogP contribution in [0.1, 0.15) is 32.7 Å². The average molecular weight is 384 g/mol. The highest BCUT2D eigenvalue weighted by Gasteiger charge is 2.16. The van der Waals surface area contributed by atoms with E-state index in [0.717, 1.165) is 33.4 Å². The van der Waals surface area contributed by atoms with E-state index in [9.17, 15) is 4.79 Å². The number of aromatic nitrogens is 3. The molecule has 4 aromatic rings. The lowest BCUT2D eigenvalue weighted by molar-refractivity contribution is 0.102. The molecule has 0 bridgehead atoms. The minimum absolute atomic E-state index is 0.189. The number of carbonyl (C=O) groups excluding carboxylic acids is 1. The van der Waals surface area contributed by atoms with Gasteiger partial charge in [-0.3, -0.25) is 9.48 Å². The van der Waals surface area contributed by atoms with Gasteiger partial charge in [0.05, 0.1) is 16.8 Å². The van der Waals surface area contributed by atoms with Crippen molar-refractivity contribution in [2.24, 2.45) is 7.05 Å². The average Bonchev–Trinajstić information content (AvgIpc) is 3.00. The van der Waals surface area contributed by atoms with Crippen molar-refractivity contribution in [1.29, 1.82) is 0 Å². The molecule has 5 heteroatoms. The molecule has 4 rings (SSSR count). The summed E-state index contributed by atoms with van der Waals surface area (Å²) in [6, 6.07) is 16.0. The van der Waals surface area contributed by atoms with Gasteiger partial charge in [0, 0.05) is 29.8 Å². The Bertz CT molecular complexity index is 1230. The second-order valence-corrected chi connectivity index (χ2v) is 7.62. The molecule has 1 N–H and O–H groups in total. The third-order valence-corrected chi connectivity index (χ3v) is 5.37. The van der Waals surface area contributed by atoms with Gasteiger partial charge in [-0.15, -0.1) is 0 Å². The van der Waals surface area contributed by atoms with E-state index in [4.69, 9.17) is 4.98 Å². The summed E-state index contributed by atoms with van der Waals surface area (Å²) in [5.74, 6) is 0.353. The zero-order valence-corrected chi connectivity index (χ0v) is 17.4. The molecular weight excluding hydrogens is 360 g/mol. The van der Waals surface area contributed by atoms with Gasteiger partial charge in [0.2, 0.25) is 0 Å². The van der Waals surface area contributed by atoms with Gasteiger partial charge in [0.1, 0.15) is 0 Å². The summed E-state index contributed by atoms with van der Waals surface area (Å²) in [6.45, 7) is 8.13. The summed E-state index contributed by atoms with van der Waals surface area (Å²) in [7, 11) is 1.86. The third kappa shape index (κ3) is 3.63. The first-order chi connectivity index (χ1) is 13.8. The lowest BCUT2D eigenvalue weighted by atomic mass is 10.00. The Labute approximate surface area is 170 Å². The second kappa shape index (κ2) is 7.17. The fraction of sp³-hybridized carbons (Fsp3) is 0.208. The maximum absolute atomic E-state index is 13.2. The number of hydrogen-bond acceptors (Lipinski definition) is 3. The molecule has 0 aliphatic carbocycles. The summed E-state index contributed by atoms with van der Waals surface area (Å²) >= 11 is 0. The van der Waals surface area contributed by atoms with E-state index in [0.29, 0.717) is 11.4 Å². The van der Waals surface area contributed by atoms with E-state index in [2.05, 4.69) is 42.5 Å². The van der Waals surface area contributed by atoms with E-state index in [1.54, 1.807) is 4.68 Å². The number of nitrogens with zero attached hydrogens (tertiary/aromatic N) is 3. The highest BCUT2D eigenvalue weighted by molar-refractivity contribution is 6.13. The quantitative estimate of drug-likeness (QED) is 0.533. The number of aryl methyl sites for hydroxylation is 5. The Morgan fingerprint density at radius 2 is 1.72 bits per heavy atom. The van der Waals surface area contributed by atoms with Crippen molar-refractivity contribution in [1.82, 2.24) is 14.8 Å². The van der Waals surface area contributed by atoms with Crippen molar-refractivity contribution in [3.05, 3.63) is 76.5 Å². The summed E-state index contributed by atoms with van der Waals surface area (Å²) in [4.78, 5) is 18.0. The van der Waals surface area contributed by atoms with E-state index in [1.165, 1.54) is 11.1 Å². The number of hydrogen-bond donors (Lipinski definition) is 1. The van der Waals surface area contributed by atoms with E-state index < -0.39 is 0 Å². The van der Waals surface area contributed by atoms with Crippen LogP contribution in [0.25, 0.3) is 22.2 Å². The number of nitrogens with one attached hydrogen (secondary N) is 1. The summed E-state index contributed by atoms with van der Waals surface area (Å²) in [5, 5.41) is 8.11. The predicted octanol–water partition coefficient (Wildman–Crippen LogP) is 5.12. The normalized spacial score (nSPS) is 11.1. The smallest absolute Gasteiger partial charge is 0.257 e. The molecule has 2 heterocycles. The predicted molar refractivity (Wildman–Crippen MR) is 117 cm³/mol. The van der Waals surface area contributed by atoms with Gasteiger partial charge in [-0.05, 0) is 63.1 Å². The lowest BCUT2D eigenvalue weighted by Crippen LogP contribution is -2.14. The Kier molecular flexibility index (Phi) is 4.66. The van der Waals surface area contributed by atoms with Gasteiger partial charge in [-0.2, -0.15) is 5.10 Å². The molecule has 1 amide bonds.